The number of halogens is 12. The standard InChI is InChI=1S/C48H36BF12N3O9/c1-43(45(50,51)52,46(53,54)55)26-11-18-34(65)31(21-26)62-40(67)24-7-14-29(15-8-24)72-30-16-9-25(10-17-30)41(68)64-33-23-28(13-20-36(33)73-49)44(47(56,57)58,48(59,60)61)27-12-19-35(66)32(22-27)63-42(69)39-37(70-2)5-4-6-38(39)71-3/h4-23,65-66H,49H2,1-3H3,(H,62,67)(H,63,69)(H,64,68). The number of carbonyl (C=O) groups is 3. The van der Waals surface area contributed by atoms with Gasteiger partial charge < -0.3 is 45.0 Å². The van der Waals surface area contributed by atoms with Crippen LogP contribution in [0.25, 0.3) is 0 Å². The van der Waals surface area contributed by atoms with Crippen LogP contribution in [0.2, 0.25) is 0 Å². The maximum absolute atomic E-state index is 15.4. The normalized spacial score (nSPS) is 12.4. The lowest BCUT2D eigenvalue weighted by Crippen LogP contribution is -2.54. The molecule has 6 aromatic carbocycles. The topological polar surface area (TPSA) is 165 Å². The second-order valence-electron chi connectivity index (χ2n) is 15.8. The van der Waals surface area contributed by atoms with Crippen LogP contribution in [-0.2, 0) is 10.8 Å². The number of carbonyl (C=O) groups excluding carboxylic acids is 3. The molecule has 6 rings (SSSR count). The van der Waals surface area contributed by atoms with E-state index in [9.17, 15) is 50.9 Å². The van der Waals surface area contributed by atoms with Crippen LogP contribution in [0, 0.1) is 0 Å². The number of phenols is 2. The Morgan fingerprint density at radius 2 is 0.863 bits per heavy atom. The second kappa shape index (κ2) is 20.1. The number of benzene rings is 6. The van der Waals surface area contributed by atoms with E-state index in [1.165, 1.54) is 56.7 Å². The number of methoxy groups -OCH3 is 2. The van der Waals surface area contributed by atoms with E-state index < -0.39 is 98.5 Å². The minimum Gasteiger partial charge on any atom is -0.566 e. The first kappa shape index (κ1) is 54.1. The summed E-state index contributed by atoms with van der Waals surface area (Å²) < 4.78 is 195. The zero-order chi connectivity index (χ0) is 54.1. The van der Waals surface area contributed by atoms with E-state index in [0.717, 1.165) is 38.4 Å². The summed E-state index contributed by atoms with van der Waals surface area (Å²) in [5.41, 5.74) is -16.5. The fourth-order valence-corrected chi connectivity index (χ4v) is 7.46. The van der Waals surface area contributed by atoms with Crippen molar-refractivity contribution in [2.24, 2.45) is 0 Å². The summed E-state index contributed by atoms with van der Waals surface area (Å²) in [6.45, 7) is -0.0897. The largest absolute Gasteiger partial charge is 0.566 e. The second-order valence-corrected chi connectivity index (χ2v) is 15.8. The van der Waals surface area contributed by atoms with Crippen LogP contribution in [0.4, 0.5) is 69.7 Å². The number of ether oxygens (including phenoxy) is 3. The highest BCUT2D eigenvalue weighted by atomic mass is 19.4. The van der Waals surface area contributed by atoms with Crippen LogP contribution in [0.15, 0.2) is 121 Å². The van der Waals surface area contributed by atoms with Gasteiger partial charge in [0, 0.05) is 11.1 Å². The van der Waals surface area contributed by atoms with Gasteiger partial charge in [-0.05, 0) is 121 Å². The Morgan fingerprint density at radius 1 is 0.479 bits per heavy atom. The van der Waals surface area contributed by atoms with Gasteiger partial charge in [0.1, 0.15) is 45.8 Å². The van der Waals surface area contributed by atoms with Gasteiger partial charge in [-0.15, -0.1) is 0 Å². The molecule has 0 aromatic heterocycles. The maximum Gasteiger partial charge on any atom is 0.411 e. The van der Waals surface area contributed by atoms with Crippen molar-refractivity contribution in [3.63, 3.8) is 0 Å². The molecule has 0 heterocycles. The molecule has 5 N–H and O–H groups in total. The summed E-state index contributed by atoms with van der Waals surface area (Å²) >= 11 is 0. The molecule has 3 amide bonds. The molecule has 73 heavy (non-hydrogen) atoms. The van der Waals surface area contributed by atoms with Gasteiger partial charge in [0.05, 0.1) is 31.3 Å². The molecular formula is C48H36BF12N3O9. The smallest absolute Gasteiger partial charge is 0.411 e. The van der Waals surface area contributed by atoms with Crippen molar-refractivity contribution in [2.45, 2.75) is 42.5 Å². The molecule has 12 nitrogen and oxygen atoms in total. The van der Waals surface area contributed by atoms with Crippen molar-refractivity contribution in [1.29, 1.82) is 0 Å². The first-order valence-electron chi connectivity index (χ1n) is 20.7. The van der Waals surface area contributed by atoms with Gasteiger partial charge in [-0.25, -0.2) is 0 Å². The lowest BCUT2D eigenvalue weighted by atomic mass is 9.72. The van der Waals surface area contributed by atoms with Crippen LogP contribution >= 0.6 is 0 Å². The SMILES string of the molecule is BOc1ccc(C(c2ccc(O)c(NC(=O)c3c(OC)cccc3OC)c2)(C(F)(F)F)C(F)(F)F)cc1NC(=O)c1ccc(Oc2ccc(C(=O)Nc3cc(C(C)(C(F)(F)F)C(F)(F)F)ccc3O)cc2)cc1. The van der Waals surface area contributed by atoms with Crippen LogP contribution in [0.5, 0.6) is 40.2 Å². The zero-order valence-corrected chi connectivity index (χ0v) is 37.8. The fraction of sp³-hybridized carbons (Fsp3) is 0.188. The number of alkyl halides is 12. The summed E-state index contributed by atoms with van der Waals surface area (Å²) in [6, 6.07) is 17.8. The molecule has 0 radical (unpaired) electrons. The molecule has 0 aliphatic heterocycles. The number of nitrogens with one attached hydrogen (secondary N) is 3. The van der Waals surface area contributed by atoms with Crippen molar-refractivity contribution >= 4 is 42.8 Å². The molecule has 0 saturated heterocycles. The van der Waals surface area contributed by atoms with Crippen LogP contribution < -0.4 is 34.8 Å². The van der Waals surface area contributed by atoms with Gasteiger partial charge in [0.15, 0.2) is 5.41 Å². The maximum atomic E-state index is 15.4. The lowest BCUT2D eigenvalue weighted by Gasteiger charge is -2.38. The van der Waals surface area contributed by atoms with E-state index >= 15 is 26.3 Å². The molecule has 0 spiro atoms. The molecule has 0 atom stereocenters. The Morgan fingerprint density at radius 3 is 1.27 bits per heavy atom. The van der Waals surface area contributed by atoms with Crippen LogP contribution in [-0.4, -0.2) is 74.9 Å². The number of phenolic OH excluding ortho intramolecular Hbond substituents is 2. The highest BCUT2D eigenvalue weighted by Crippen LogP contribution is 2.58. The number of hydrogen-bond donors (Lipinski definition) is 5. The van der Waals surface area contributed by atoms with Gasteiger partial charge in [-0.1, -0.05) is 24.3 Å². The Labute approximate surface area is 405 Å². The minimum absolute atomic E-state index is 0.0408. The van der Waals surface area contributed by atoms with Gasteiger partial charge in [-0.3, -0.25) is 14.4 Å². The quantitative estimate of drug-likeness (QED) is 0.0406. The third kappa shape index (κ3) is 10.4. The first-order valence-corrected chi connectivity index (χ1v) is 20.7. The third-order valence-electron chi connectivity index (χ3n) is 11.5. The van der Waals surface area contributed by atoms with Gasteiger partial charge >= 0.3 is 32.8 Å². The van der Waals surface area contributed by atoms with E-state index in [1.54, 1.807) is 0 Å². The summed E-state index contributed by atoms with van der Waals surface area (Å²) in [6.07, 6.45) is -24.0. The zero-order valence-electron chi connectivity index (χ0n) is 37.8. The average molecular weight is 1040 g/mol. The number of rotatable bonds is 14. The Hall–Kier alpha value is -8.25. The van der Waals surface area contributed by atoms with E-state index in [2.05, 4.69) is 16.0 Å². The molecule has 0 unspecified atom stereocenters. The molecule has 0 saturated carbocycles. The monoisotopic (exact) mass is 1040 g/mol. The number of aromatic hydroxyl groups is 2. The number of anilines is 3. The Bertz CT molecular complexity index is 2990. The highest BCUT2D eigenvalue weighted by molar-refractivity contribution is 6.09. The van der Waals surface area contributed by atoms with E-state index in [4.69, 9.17) is 18.9 Å². The van der Waals surface area contributed by atoms with Crippen LogP contribution in [0.3, 0.4) is 0 Å². The molecule has 0 aliphatic rings. The summed E-state index contributed by atoms with van der Waals surface area (Å²) in [7, 11) is 3.40. The van der Waals surface area contributed by atoms with Crippen molar-refractivity contribution in [3.8, 4) is 40.2 Å². The highest BCUT2D eigenvalue weighted by Gasteiger charge is 2.73. The van der Waals surface area contributed by atoms with Crippen LogP contribution in [0.1, 0.15) is 54.7 Å². The molecule has 384 valence electrons. The summed E-state index contributed by atoms with van der Waals surface area (Å²) in [4.78, 5) is 39.8. The predicted molar refractivity (Wildman–Crippen MR) is 241 cm³/mol. The van der Waals surface area contributed by atoms with E-state index in [1.807, 2.05) is 0 Å². The van der Waals surface area contributed by atoms with Crippen molar-refractivity contribution in [2.75, 3.05) is 30.2 Å². The third-order valence-corrected chi connectivity index (χ3v) is 11.5. The Balaban J connectivity index is 1.22. The number of hydrogen-bond acceptors (Lipinski definition) is 9. The first-order chi connectivity index (χ1) is 34.0. The predicted octanol–water partition coefficient (Wildman–Crippen LogP) is 11.4. The molecule has 0 aliphatic carbocycles. The Kier molecular flexibility index (Phi) is 14.9. The van der Waals surface area contributed by atoms with Gasteiger partial charge in [0.2, 0.25) is 5.41 Å². The molecular weight excluding hydrogens is 1000 g/mol. The van der Waals surface area contributed by atoms with Crippen molar-refractivity contribution in [3.05, 3.63) is 155 Å². The molecule has 25 heteroatoms. The van der Waals surface area contributed by atoms with Crippen molar-refractivity contribution in [1.82, 2.24) is 0 Å². The molecule has 6 aromatic rings. The molecule has 0 fully saturated rings. The van der Waals surface area contributed by atoms with Crippen molar-refractivity contribution < 1.29 is 96.1 Å². The summed E-state index contributed by atoms with van der Waals surface area (Å²) in [5, 5.41) is 27.2. The number of amides is 3. The van der Waals surface area contributed by atoms with Gasteiger partial charge in [0.25, 0.3) is 17.7 Å². The van der Waals surface area contributed by atoms with Gasteiger partial charge in [-0.2, -0.15) is 52.7 Å². The summed E-state index contributed by atoms with van der Waals surface area (Å²) in [5.74, 6) is -5.44. The average Bonchev–Trinajstić information content (AvgIpc) is 3.31. The van der Waals surface area contributed by atoms with E-state index in [-0.39, 0.29) is 52.4 Å². The van der Waals surface area contributed by atoms with E-state index in [0.29, 0.717) is 48.5 Å². The minimum atomic E-state index is -6.18. The molecule has 0 bridgehead atoms. The fourth-order valence-electron chi connectivity index (χ4n) is 7.46. The lowest BCUT2D eigenvalue weighted by molar-refractivity contribution is -0.297.